The fourth-order valence-corrected chi connectivity index (χ4v) is 3.29. The number of carbonyl (C=O) groups excluding carboxylic acids is 2. The van der Waals surface area contributed by atoms with Crippen molar-refractivity contribution in [1.82, 2.24) is 10.2 Å². The Balaban J connectivity index is 2.23. The summed E-state index contributed by atoms with van der Waals surface area (Å²) in [6, 6.07) is 0. The summed E-state index contributed by atoms with van der Waals surface area (Å²) in [5.74, 6) is 1.54. The van der Waals surface area contributed by atoms with Crippen LogP contribution in [-0.4, -0.2) is 48.5 Å². The average molecular weight is 309 g/mol. The molecule has 0 aromatic heterocycles. The molecule has 0 spiro atoms. The molecular weight excluding hydrogens is 288 g/mol. The lowest BCUT2D eigenvalue weighted by molar-refractivity contribution is -0.115. The predicted octanol–water partition coefficient (Wildman–Crippen LogP) is 2.11. The number of nitrogens with zero attached hydrogens (tertiary/aromatic N) is 1. The number of thioether (sulfide) groups is 1. The first-order valence-corrected chi connectivity index (χ1v) is 7.99. The second kappa shape index (κ2) is 6.66. The van der Waals surface area contributed by atoms with Gasteiger partial charge >= 0.3 is 6.09 Å². The van der Waals surface area contributed by atoms with E-state index >= 15 is 0 Å². The minimum Gasteiger partial charge on any atom is -0.410 e. The van der Waals surface area contributed by atoms with Crippen molar-refractivity contribution < 1.29 is 14.3 Å². The summed E-state index contributed by atoms with van der Waals surface area (Å²) < 4.78 is 5.43. The first-order chi connectivity index (χ1) is 9.91. The maximum absolute atomic E-state index is 12.5. The normalized spacial score (nSPS) is 22.6. The molecule has 1 heterocycles. The Hall–Kier alpha value is -1.27. The van der Waals surface area contributed by atoms with Gasteiger partial charge in [0.05, 0.1) is 0 Å². The molecule has 1 fully saturated rings. The van der Waals surface area contributed by atoms with Crippen molar-refractivity contribution in [1.29, 1.82) is 0 Å². The molecule has 0 saturated carbocycles. The van der Waals surface area contributed by atoms with E-state index in [-0.39, 0.29) is 11.2 Å². The summed E-state index contributed by atoms with van der Waals surface area (Å²) in [6.45, 7) is 4.61. The molecule has 1 aliphatic carbocycles. The molecule has 1 N–H and O–H groups in total. The van der Waals surface area contributed by atoms with Gasteiger partial charge in [0.2, 0.25) is 0 Å². The lowest BCUT2D eigenvalue weighted by atomic mass is 9.89. The quantitative estimate of drug-likeness (QED) is 0.865. The molecule has 0 aromatic carbocycles. The molecule has 1 aliphatic heterocycles. The zero-order chi connectivity index (χ0) is 15.6. The first-order valence-electron chi connectivity index (χ1n) is 6.94. The number of carbonyl (C=O) groups is 2. The minimum absolute atomic E-state index is 0.0703. The van der Waals surface area contributed by atoms with Gasteiger partial charge in [-0.25, -0.2) is 4.79 Å². The molecule has 0 aromatic rings. The Morgan fingerprint density at radius 1 is 1.38 bits per heavy atom. The Morgan fingerprint density at radius 3 is 2.67 bits per heavy atom. The molecule has 1 atom stereocenters. The van der Waals surface area contributed by atoms with Crippen molar-refractivity contribution in [3.05, 3.63) is 28.9 Å². The second-order valence-electron chi connectivity index (χ2n) is 5.39. The fourth-order valence-electron chi connectivity index (χ4n) is 2.31. The van der Waals surface area contributed by atoms with Crippen LogP contribution < -0.4 is 5.32 Å². The highest BCUT2D eigenvalue weighted by Crippen LogP contribution is 2.33. The molecule has 1 saturated heterocycles. The molecule has 2 rings (SSSR count). The third-order valence-electron chi connectivity index (χ3n) is 3.52. The number of allylic oxidation sites excluding steroid dienone is 2. The van der Waals surface area contributed by atoms with E-state index in [1.165, 1.54) is 4.90 Å². The topological polar surface area (TPSA) is 58.6 Å². The van der Waals surface area contributed by atoms with Crippen molar-refractivity contribution in [2.45, 2.75) is 25.6 Å². The van der Waals surface area contributed by atoms with Crippen LogP contribution >= 0.6 is 11.8 Å². The number of Topliss-reactive ketones (excluding diaryl/α,β-unsaturated/α-hetero) is 1. The molecule has 5 nitrogen and oxygen atoms in total. The first kappa shape index (κ1) is 16.1. The third kappa shape index (κ3) is 3.49. The Kier molecular flexibility index (Phi) is 5.11. The lowest BCUT2D eigenvalue weighted by Gasteiger charge is -2.24. The van der Waals surface area contributed by atoms with Gasteiger partial charge in [0.25, 0.3) is 0 Å². The van der Waals surface area contributed by atoms with E-state index < -0.39 is 6.09 Å². The van der Waals surface area contributed by atoms with Crippen LogP contribution in [0.4, 0.5) is 4.79 Å². The van der Waals surface area contributed by atoms with Gasteiger partial charge in [-0.2, -0.15) is 0 Å². The van der Waals surface area contributed by atoms with Gasteiger partial charge in [-0.15, -0.1) is 11.8 Å². The fraction of sp³-hybridized carbons (Fsp3) is 0.533. The molecular formula is C15H21N2O3S. The maximum Gasteiger partial charge on any atom is 0.414 e. The Morgan fingerprint density at radius 2 is 2.10 bits per heavy atom. The van der Waals surface area contributed by atoms with Crippen LogP contribution in [0.1, 0.15) is 20.3 Å². The van der Waals surface area contributed by atoms with Gasteiger partial charge < -0.3 is 9.64 Å². The summed E-state index contributed by atoms with van der Waals surface area (Å²) in [7, 11) is 3.27. The van der Waals surface area contributed by atoms with Crippen LogP contribution in [0, 0.1) is 6.42 Å². The van der Waals surface area contributed by atoms with E-state index in [4.69, 9.17) is 4.74 Å². The highest BCUT2D eigenvalue weighted by atomic mass is 32.2. The highest BCUT2D eigenvalue weighted by Gasteiger charge is 2.30. The lowest BCUT2D eigenvalue weighted by Crippen LogP contribution is -2.32. The summed E-state index contributed by atoms with van der Waals surface area (Å²) in [5, 5.41) is 3.00. The van der Waals surface area contributed by atoms with Crippen LogP contribution in [0.5, 0.6) is 0 Å². The zero-order valence-electron chi connectivity index (χ0n) is 12.9. The number of amides is 1. The monoisotopic (exact) mass is 309 g/mol. The Labute approximate surface area is 129 Å². The van der Waals surface area contributed by atoms with Crippen LogP contribution in [0.2, 0.25) is 0 Å². The van der Waals surface area contributed by atoms with Gasteiger partial charge in [0.15, 0.2) is 5.78 Å². The second-order valence-corrected chi connectivity index (χ2v) is 6.60. The zero-order valence-corrected chi connectivity index (χ0v) is 13.7. The molecule has 2 aliphatic rings. The molecule has 6 heteroatoms. The van der Waals surface area contributed by atoms with E-state index in [1.807, 2.05) is 20.3 Å². The summed E-state index contributed by atoms with van der Waals surface area (Å²) in [5.41, 5.74) is 2.37. The van der Waals surface area contributed by atoms with Crippen molar-refractivity contribution in [2.24, 2.45) is 0 Å². The van der Waals surface area contributed by atoms with Crippen LogP contribution in [0.15, 0.2) is 22.5 Å². The molecule has 21 heavy (non-hydrogen) atoms. The van der Waals surface area contributed by atoms with Gasteiger partial charge in [0.1, 0.15) is 11.1 Å². The largest absolute Gasteiger partial charge is 0.414 e. The van der Waals surface area contributed by atoms with Gasteiger partial charge in [-0.3, -0.25) is 10.1 Å². The Bertz CT molecular complexity index is 517. The van der Waals surface area contributed by atoms with Gasteiger partial charge in [0, 0.05) is 32.0 Å². The molecule has 0 unspecified atom stereocenters. The van der Waals surface area contributed by atoms with Crippen molar-refractivity contribution in [3.8, 4) is 0 Å². The molecule has 115 valence electrons. The van der Waals surface area contributed by atoms with E-state index in [0.29, 0.717) is 17.8 Å². The minimum atomic E-state index is -0.425. The van der Waals surface area contributed by atoms with Crippen molar-refractivity contribution >= 4 is 23.6 Å². The molecule has 0 bridgehead atoms. The number of hydrogen-bond acceptors (Lipinski definition) is 5. The summed E-state index contributed by atoms with van der Waals surface area (Å²) in [6.07, 6.45) is 2.14. The highest BCUT2D eigenvalue weighted by molar-refractivity contribution is 8.00. The third-order valence-corrected chi connectivity index (χ3v) is 4.67. The van der Waals surface area contributed by atoms with Gasteiger partial charge in [-0.1, -0.05) is 0 Å². The van der Waals surface area contributed by atoms with E-state index in [0.717, 1.165) is 23.4 Å². The smallest absolute Gasteiger partial charge is 0.410 e. The summed E-state index contributed by atoms with van der Waals surface area (Å²) >= 11 is 1.62. The summed E-state index contributed by atoms with van der Waals surface area (Å²) in [4.78, 5) is 25.7. The number of ether oxygens (including phenoxy) is 1. The van der Waals surface area contributed by atoms with E-state index in [1.54, 1.807) is 25.9 Å². The van der Waals surface area contributed by atoms with Gasteiger partial charge in [-0.05, 0) is 37.8 Å². The van der Waals surface area contributed by atoms with Crippen molar-refractivity contribution in [2.75, 3.05) is 26.4 Å². The SMILES string of the molecule is CC1=C(OC(=O)N(C)C)C(C)=C(C(=O)[C@H]2NCCS2)[CH]C1. The number of nitrogens with one attached hydrogen (secondary N) is 1. The molecule has 1 radical (unpaired) electrons. The van der Waals surface area contributed by atoms with E-state index in [2.05, 4.69) is 5.32 Å². The molecule has 1 amide bonds. The average Bonchev–Trinajstić information content (AvgIpc) is 2.96. The number of ketones is 1. The van der Waals surface area contributed by atoms with Crippen LogP contribution in [0.25, 0.3) is 0 Å². The maximum atomic E-state index is 12.5. The predicted molar refractivity (Wildman–Crippen MR) is 83.7 cm³/mol. The number of rotatable bonds is 3. The number of hydrogen-bond donors (Lipinski definition) is 1. The standard InChI is InChI=1S/C15H21N2O3S/c1-9-5-6-11(12(18)14-16-7-8-21-14)10(2)13(9)20-15(19)17(3)4/h6,14,16H,5,7-8H2,1-4H3/t14-/m0/s1. The van der Waals surface area contributed by atoms with Crippen LogP contribution in [-0.2, 0) is 9.53 Å². The van der Waals surface area contributed by atoms with E-state index in [9.17, 15) is 9.59 Å². The van der Waals surface area contributed by atoms with Crippen LogP contribution in [0.3, 0.4) is 0 Å². The van der Waals surface area contributed by atoms with Crippen molar-refractivity contribution in [3.63, 3.8) is 0 Å².